The summed E-state index contributed by atoms with van der Waals surface area (Å²) in [5, 5.41) is 0. The van der Waals surface area contributed by atoms with Gasteiger partial charge in [-0.2, -0.15) is 0 Å². The second-order valence-corrected chi connectivity index (χ2v) is 7.88. The molecule has 3 heteroatoms. The summed E-state index contributed by atoms with van der Waals surface area (Å²) in [5.74, 6) is 1.38. The number of amides is 1. The van der Waals surface area contributed by atoms with E-state index >= 15 is 0 Å². The fourth-order valence-corrected chi connectivity index (χ4v) is 4.72. The molecule has 0 radical (unpaired) electrons. The molecule has 2 fully saturated rings. The van der Waals surface area contributed by atoms with Crippen LogP contribution in [0, 0.1) is 5.92 Å². The molecule has 0 spiro atoms. The third kappa shape index (κ3) is 3.54. The summed E-state index contributed by atoms with van der Waals surface area (Å²) in [5.41, 5.74) is 9.05. The normalized spacial score (nSPS) is 28.9. The van der Waals surface area contributed by atoms with Gasteiger partial charge < -0.3 is 10.6 Å². The molecule has 1 aliphatic heterocycles. The van der Waals surface area contributed by atoms with Crippen molar-refractivity contribution < 1.29 is 4.79 Å². The van der Waals surface area contributed by atoms with Crippen LogP contribution in [0.4, 0.5) is 0 Å². The van der Waals surface area contributed by atoms with Gasteiger partial charge in [0.15, 0.2) is 0 Å². The van der Waals surface area contributed by atoms with Crippen molar-refractivity contribution in [3.05, 3.63) is 71.8 Å². The first-order valence-corrected chi connectivity index (χ1v) is 9.86. The number of carbonyl (C=O) groups excluding carboxylic acids is 1. The highest BCUT2D eigenvalue weighted by Gasteiger charge is 2.37. The minimum absolute atomic E-state index is 0.0435. The van der Waals surface area contributed by atoms with Crippen molar-refractivity contribution in [3.8, 4) is 0 Å². The van der Waals surface area contributed by atoms with Gasteiger partial charge in [-0.15, -0.1) is 0 Å². The highest BCUT2D eigenvalue weighted by molar-refractivity contribution is 5.79. The first kappa shape index (κ1) is 17.3. The maximum Gasteiger partial charge on any atom is 0.225 e. The summed E-state index contributed by atoms with van der Waals surface area (Å²) < 4.78 is 0. The van der Waals surface area contributed by atoms with Crippen LogP contribution in [0.15, 0.2) is 60.7 Å². The second-order valence-electron chi connectivity index (χ2n) is 7.88. The van der Waals surface area contributed by atoms with Crippen molar-refractivity contribution in [2.75, 3.05) is 13.1 Å². The molecule has 1 saturated heterocycles. The second kappa shape index (κ2) is 7.63. The van der Waals surface area contributed by atoms with Gasteiger partial charge in [0.05, 0.1) is 0 Å². The monoisotopic (exact) mass is 348 g/mol. The lowest BCUT2D eigenvalue weighted by atomic mass is 9.78. The van der Waals surface area contributed by atoms with Gasteiger partial charge in [0.2, 0.25) is 5.91 Å². The number of carbonyl (C=O) groups is 1. The molecule has 2 aliphatic rings. The molecule has 4 rings (SSSR count). The standard InChI is InChI=1S/C23H28N2O/c24-22-16-25(15-21(22)19-9-5-2-6-10-19)23(26)20-13-11-18(12-14-20)17-7-3-1-4-8-17/h1-10,18,20-22H,11-16,24H2/t18?,20?,21-,22+/m0/s1. The Kier molecular flexibility index (Phi) is 5.07. The SMILES string of the molecule is N[C@@H]1CN(C(=O)C2CCC(c3ccccc3)CC2)C[C@H]1c1ccccc1. The number of benzene rings is 2. The molecule has 2 aromatic rings. The maximum absolute atomic E-state index is 13.0. The maximum atomic E-state index is 13.0. The van der Waals surface area contributed by atoms with E-state index in [1.165, 1.54) is 11.1 Å². The molecule has 26 heavy (non-hydrogen) atoms. The van der Waals surface area contributed by atoms with Crippen molar-refractivity contribution in [3.63, 3.8) is 0 Å². The predicted molar refractivity (Wildman–Crippen MR) is 105 cm³/mol. The van der Waals surface area contributed by atoms with Crippen molar-refractivity contribution in [2.45, 2.75) is 43.6 Å². The van der Waals surface area contributed by atoms with Crippen molar-refractivity contribution in [1.82, 2.24) is 4.90 Å². The molecule has 2 aromatic carbocycles. The van der Waals surface area contributed by atoms with E-state index < -0.39 is 0 Å². The zero-order valence-electron chi connectivity index (χ0n) is 15.3. The van der Waals surface area contributed by atoms with E-state index in [-0.39, 0.29) is 17.9 Å². The van der Waals surface area contributed by atoms with Crippen LogP contribution in [0.3, 0.4) is 0 Å². The first-order chi connectivity index (χ1) is 12.7. The van der Waals surface area contributed by atoms with Crippen LogP contribution < -0.4 is 5.73 Å². The molecule has 1 heterocycles. The Balaban J connectivity index is 1.36. The minimum atomic E-state index is 0.0435. The van der Waals surface area contributed by atoms with Crippen LogP contribution in [-0.4, -0.2) is 29.9 Å². The summed E-state index contributed by atoms with van der Waals surface area (Å²) in [7, 11) is 0. The number of nitrogens with zero attached hydrogens (tertiary/aromatic N) is 1. The Bertz CT molecular complexity index is 722. The molecule has 0 aromatic heterocycles. The van der Waals surface area contributed by atoms with Gasteiger partial charge in [0, 0.05) is 31.0 Å². The van der Waals surface area contributed by atoms with E-state index in [0.717, 1.165) is 32.2 Å². The largest absolute Gasteiger partial charge is 0.340 e. The summed E-state index contributed by atoms with van der Waals surface area (Å²) >= 11 is 0. The molecule has 0 bridgehead atoms. The zero-order valence-corrected chi connectivity index (χ0v) is 15.3. The van der Waals surface area contributed by atoms with Crippen LogP contribution in [0.25, 0.3) is 0 Å². The highest BCUT2D eigenvalue weighted by atomic mass is 16.2. The van der Waals surface area contributed by atoms with Gasteiger partial charge in [-0.3, -0.25) is 4.79 Å². The Morgan fingerprint density at radius 2 is 1.38 bits per heavy atom. The Morgan fingerprint density at radius 1 is 0.808 bits per heavy atom. The number of rotatable bonds is 3. The number of likely N-dealkylation sites (tertiary alicyclic amines) is 1. The lowest BCUT2D eigenvalue weighted by Crippen LogP contribution is -2.37. The topological polar surface area (TPSA) is 46.3 Å². The summed E-state index contributed by atoms with van der Waals surface area (Å²) in [4.78, 5) is 15.1. The molecule has 0 unspecified atom stereocenters. The van der Waals surface area contributed by atoms with Gasteiger partial charge in [-0.05, 0) is 42.7 Å². The molecular formula is C23H28N2O. The number of hydrogen-bond acceptors (Lipinski definition) is 2. The first-order valence-electron chi connectivity index (χ1n) is 9.86. The highest BCUT2D eigenvalue weighted by Crippen LogP contribution is 2.37. The van der Waals surface area contributed by atoms with E-state index in [1.807, 2.05) is 11.0 Å². The van der Waals surface area contributed by atoms with Crippen LogP contribution in [0.5, 0.6) is 0 Å². The predicted octanol–water partition coefficient (Wildman–Crippen LogP) is 3.91. The summed E-state index contributed by atoms with van der Waals surface area (Å²) in [6.45, 7) is 1.46. The van der Waals surface area contributed by atoms with Crippen LogP contribution >= 0.6 is 0 Å². The van der Waals surface area contributed by atoms with Crippen LogP contribution in [0.1, 0.15) is 48.6 Å². The van der Waals surface area contributed by atoms with Gasteiger partial charge in [0.25, 0.3) is 0 Å². The van der Waals surface area contributed by atoms with E-state index in [1.54, 1.807) is 0 Å². The zero-order chi connectivity index (χ0) is 17.9. The Labute approximate surface area is 156 Å². The van der Waals surface area contributed by atoms with E-state index in [0.29, 0.717) is 18.4 Å². The van der Waals surface area contributed by atoms with E-state index in [9.17, 15) is 4.79 Å². The van der Waals surface area contributed by atoms with Crippen molar-refractivity contribution >= 4 is 5.91 Å². The van der Waals surface area contributed by atoms with Crippen molar-refractivity contribution in [2.24, 2.45) is 11.7 Å². The fraction of sp³-hybridized carbons (Fsp3) is 0.435. The minimum Gasteiger partial charge on any atom is -0.340 e. The average Bonchev–Trinajstić information content (AvgIpc) is 3.10. The molecule has 3 nitrogen and oxygen atoms in total. The molecule has 2 atom stereocenters. The van der Waals surface area contributed by atoms with Crippen LogP contribution in [0.2, 0.25) is 0 Å². The molecule has 1 saturated carbocycles. The van der Waals surface area contributed by atoms with E-state index in [2.05, 4.69) is 54.6 Å². The fourth-order valence-electron chi connectivity index (χ4n) is 4.72. The summed E-state index contributed by atoms with van der Waals surface area (Å²) in [6.07, 6.45) is 4.23. The summed E-state index contributed by atoms with van der Waals surface area (Å²) in [6, 6.07) is 21.2. The van der Waals surface area contributed by atoms with Gasteiger partial charge in [-0.25, -0.2) is 0 Å². The Hall–Kier alpha value is -2.13. The average molecular weight is 348 g/mol. The molecule has 1 aliphatic carbocycles. The van der Waals surface area contributed by atoms with Crippen molar-refractivity contribution in [1.29, 1.82) is 0 Å². The molecular weight excluding hydrogens is 320 g/mol. The third-order valence-electron chi connectivity index (χ3n) is 6.25. The van der Waals surface area contributed by atoms with E-state index in [4.69, 9.17) is 5.73 Å². The lowest BCUT2D eigenvalue weighted by Gasteiger charge is -2.30. The quantitative estimate of drug-likeness (QED) is 0.914. The van der Waals surface area contributed by atoms with Gasteiger partial charge >= 0.3 is 0 Å². The van der Waals surface area contributed by atoms with Gasteiger partial charge in [0.1, 0.15) is 0 Å². The smallest absolute Gasteiger partial charge is 0.225 e. The van der Waals surface area contributed by atoms with Gasteiger partial charge in [-0.1, -0.05) is 60.7 Å². The van der Waals surface area contributed by atoms with Crippen LogP contribution in [-0.2, 0) is 4.79 Å². The molecule has 2 N–H and O–H groups in total. The third-order valence-corrected chi connectivity index (χ3v) is 6.25. The molecule has 1 amide bonds. The lowest BCUT2D eigenvalue weighted by molar-refractivity contribution is -0.135. The Morgan fingerprint density at radius 3 is 2.00 bits per heavy atom. The number of hydrogen-bond donors (Lipinski definition) is 1. The number of nitrogens with two attached hydrogens (primary N) is 1. The molecule has 136 valence electrons.